The quantitative estimate of drug-likeness (QED) is 0.702. The van der Waals surface area contributed by atoms with Gasteiger partial charge in [-0.15, -0.1) is 0 Å². The number of hydrogen-bond donors (Lipinski definition) is 3. The van der Waals surface area contributed by atoms with Crippen molar-refractivity contribution in [2.24, 2.45) is 0 Å². The third kappa shape index (κ3) is 2.21. The monoisotopic (exact) mass is 225 g/mol. The molecule has 0 spiro atoms. The number of carbonyl (C=O) groups excluding carboxylic acids is 1. The lowest BCUT2D eigenvalue weighted by Crippen LogP contribution is -2.49. The smallest absolute Gasteiger partial charge is 0.328 e. The number of carboxylic acid groups (broad SMARTS) is 1. The second-order valence-electron chi connectivity index (χ2n) is 4.19. The Morgan fingerprint density at radius 1 is 1.38 bits per heavy atom. The summed E-state index contributed by atoms with van der Waals surface area (Å²) in [6, 6.07) is 0. The average Bonchev–Trinajstić information content (AvgIpc) is 2.44. The molecular weight excluding hydrogens is 210 g/mol. The van der Waals surface area contributed by atoms with E-state index in [1.807, 2.05) is 0 Å². The van der Waals surface area contributed by atoms with Crippen molar-refractivity contribution in [2.75, 3.05) is 0 Å². The third-order valence-electron chi connectivity index (χ3n) is 2.32. The number of rotatable bonds is 3. The first-order valence-corrected chi connectivity index (χ1v) is 4.83. The van der Waals surface area contributed by atoms with E-state index in [9.17, 15) is 9.59 Å². The van der Waals surface area contributed by atoms with Gasteiger partial charge in [-0.05, 0) is 27.7 Å². The average molecular weight is 225 g/mol. The Balaban J connectivity index is 2.93. The molecule has 0 bridgehead atoms. The maximum Gasteiger partial charge on any atom is 0.328 e. The summed E-state index contributed by atoms with van der Waals surface area (Å²) in [5.41, 5.74) is 0.273. The molecule has 16 heavy (non-hydrogen) atoms. The molecule has 88 valence electrons. The highest BCUT2D eigenvalue weighted by Gasteiger charge is 2.30. The van der Waals surface area contributed by atoms with Crippen molar-refractivity contribution in [1.29, 1.82) is 0 Å². The van der Waals surface area contributed by atoms with E-state index < -0.39 is 17.4 Å². The molecule has 0 aliphatic rings. The molecule has 0 aromatic carbocycles. The van der Waals surface area contributed by atoms with Gasteiger partial charge in [-0.2, -0.15) is 5.10 Å². The number of nitrogens with zero attached hydrogens (tertiary/aromatic N) is 1. The molecule has 1 rings (SSSR count). The van der Waals surface area contributed by atoms with E-state index in [0.717, 1.165) is 0 Å². The largest absolute Gasteiger partial charge is 0.480 e. The van der Waals surface area contributed by atoms with Crippen LogP contribution in [0.1, 0.15) is 35.6 Å². The summed E-state index contributed by atoms with van der Waals surface area (Å²) in [6.45, 7) is 6.25. The highest BCUT2D eigenvalue weighted by Crippen LogP contribution is 2.11. The topological polar surface area (TPSA) is 95.1 Å². The van der Waals surface area contributed by atoms with Gasteiger partial charge in [-0.25, -0.2) is 4.79 Å². The predicted octanol–water partition coefficient (Wildman–Crippen LogP) is 0.620. The lowest BCUT2D eigenvalue weighted by Gasteiger charge is -2.20. The molecule has 0 aliphatic heterocycles. The standard InChI is InChI=1S/C10H15N3O3/c1-5-7(6(2)13-12-5)8(14)11-10(3,4)9(15)16/h1-4H3,(H,11,14)(H,12,13)(H,15,16). The lowest BCUT2D eigenvalue weighted by molar-refractivity contribution is -0.143. The Hall–Kier alpha value is -1.85. The van der Waals surface area contributed by atoms with Gasteiger partial charge < -0.3 is 10.4 Å². The summed E-state index contributed by atoms with van der Waals surface area (Å²) in [5.74, 6) is -1.52. The zero-order valence-corrected chi connectivity index (χ0v) is 9.71. The number of carbonyl (C=O) groups is 2. The number of hydrogen-bond acceptors (Lipinski definition) is 3. The van der Waals surface area contributed by atoms with Gasteiger partial charge in [0.2, 0.25) is 0 Å². The van der Waals surface area contributed by atoms with Crippen LogP contribution >= 0.6 is 0 Å². The molecule has 6 nitrogen and oxygen atoms in total. The normalized spacial score (nSPS) is 11.2. The van der Waals surface area contributed by atoms with Crippen LogP contribution in [0.3, 0.4) is 0 Å². The molecular formula is C10H15N3O3. The Morgan fingerprint density at radius 3 is 2.31 bits per heavy atom. The van der Waals surface area contributed by atoms with Gasteiger partial charge in [0.25, 0.3) is 5.91 Å². The zero-order valence-electron chi connectivity index (χ0n) is 9.71. The zero-order chi connectivity index (χ0) is 12.5. The number of aromatic nitrogens is 2. The number of aryl methyl sites for hydroxylation is 2. The van der Waals surface area contributed by atoms with Gasteiger partial charge in [-0.3, -0.25) is 9.89 Å². The van der Waals surface area contributed by atoms with Gasteiger partial charge >= 0.3 is 5.97 Å². The number of aliphatic carboxylic acids is 1. The van der Waals surface area contributed by atoms with Crippen molar-refractivity contribution < 1.29 is 14.7 Å². The summed E-state index contributed by atoms with van der Waals surface area (Å²) < 4.78 is 0. The molecule has 0 saturated heterocycles. The number of H-pyrrole nitrogens is 1. The molecule has 0 aliphatic carbocycles. The summed E-state index contributed by atoms with van der Waals surface area (Å²) in [6.07, 6.45) is 0. The predicted molar refractivity (Wildman–Crippen MR) is 57.2 cm³/mol. The molecule has 0 radical (unpaired) electrons. The minimum Gasteiger partial charge on any atom is -0.480 e. The van der Waals surface area contributed by atoms with Crippen LogP contribution < -0.4 is 5.32 Å². The van der Waals surface area contributed by atoms with Crippen molar-refractivity contribution in [3.8, 4) is 0 Å². The molecule has 1 aromatic rings. The second kappa shape index (κ2) is 3.96. The van der Waals surface area contributed by atoms with E-state index in [2.05, 4.69) is 15.5 Å². The fraction of sp³-hybridized carbons (Fsp3) is 0.500. The van der Waals surface area contributed by atoms with Gasteiger partial charge in [0.05, 0.1) is 11.3 Å². The third-order valence-corrected chi connectivity index (χ3v) is 2.32. The first kappa shape index (κ1) is 12.2. The minimum absolute atomic E-state index is 0.398. The van der Waals surface area contributed by atoms with Gasteiger partial charge in [0, 0.05) is 5.69 Å². The van der Waals surface area contributed by atoms with Crippen LogP contribution in [0, 0.1) is 13.8 Å². The van der Waals surface area contributed by atoms with Gasteiger partial charge in [0.15, 0.2) is 0 Å². The SMILES string of the molecule is Cc1n[nH]c(C)c1C(=O)NC(C)(C)C(=O)O. The summed E-state index contributed by atoms with van der Waals surface area (Å²) in [5, 5.41) is 17.9. The fourth-order valence-corrected chi connectivity index (χ4v) is 1.29. The first-order valence-electron chi connectivity index (χ1n) is 4.83. The van der Waals surface area contributed by atoms with Crippen LogP contribution in [-0.2, 0) is 4.79 Å². The number of amides is 1. The van der Waals surface area contributed by atoms with Crippen molar-refractivity contribution >= 4 is 11.9 Å². The van der Waals surface area contributed by atoms with Gasteiger partial charge in [-0.1, -0.05) is 0 Å². The van der Waals surface area contributed by atoms with Crippen LogP contribution in [0.15, 0.2) is 0 Å². The van der Waals surface area contributed by atoms with E-state index in [1.165, 1.54) is 13.8 Å². The molecule has 1 heterocycles. The molecule has 0 atom stereocenters. The molecule has 0 fully saturated rings. The summed E-state index contributed by atoms with van der Waals surface area (Å²) in [7, 11) is 0. The van der Waals surface area contributed by atoms with E-state index in [-0.39, 0.29) is 0 Å². The van der Waals surface area contributed by atoms with E-state index in [1.54, 1.807) is 13.8 Å². The molecule has 6 heteroatoms. The van der Waals surface area contributed by atoms with E-state index in [0.29, 0.717) is 17.0 Å². The molecule has 0 unspecified atom stereocenters. The number of nitrogens with one attached hydrogen (secondary N) is 2. The van der Waals surface area contributed by atoms with E-state index >= 15 is 0 Å². The van der Waals surface area contributed by atoms with Crippen molar-refractivity contribution in [3.05, 3.63) is 17.0 Å². The van der Waals surface area contributed by atoms with Crippen LogP contribution in [0.4, 0.5) is 0 Å². The molecule has 1 amide bonds. The maximum atomic E-state index is 11.8. The lowest BCUT2D eigenvalue weighted by atomic mass is 10.0. The van der Waals surface area contributed by atoms with Crippen LogP contribution in [0.2, 0.25) is 0 Å². The Kier molecular flexibility index (Phi) is 3.02. The molecule has 1 aromatic heterocycles. The summed E-state index contributed by atoms with van der Waals surface area (Å²) in [4.78, 5) is 22.7. The van der Waals surface area contributed by atoms with Crippen LogP contribution in [0.5, 0.6) is 0 Å². The van der Waals surface area contributed by atoms with Crippen molar-refractivity contribution in [2.45, 2.75) is 33.2 Å². The van der Waals surface area contributed by atoms with Gasteiger partial charge in [0.1, 0.15) is 5.54 Å². The van der Waals surface area contributed by atoms with Crippen LogP contribution in [0.25, 0.3) is 0 Å². The highest BCUT2D eigenvalue weighted by molar-refractivity contribution is 5.99. The van der Waals surface area contributed by atoms with Crippen molar-refractivity contribution in [3.63, 3.8) is 0 Å². The van der Waals surface area contributed by atoms with Crippen LogP contribution in [-0.4, -0.2) is 32.7 Å². The Morgan fingerprint density at radius 2 is 1.94 bits per heavy atom. The summed E-state index contributed by atoms with van der Waals surface area (Å²) >= 11 is 0. The minimum atomic E-state index is -1.30. The highest BCUT2D eigenvalue weighted by atomic mass is 16.4. The number of carboxylic acids is 1. The fourth-order valence-electron chi connectivity index (χ4n) is 1.29. The Bertz CT molecular complexity index is 415. The van der Waals surface area contributed by atoms with Crippen molar-refractivity contribution in [1.82, 2.24) is 15.5 Å². The Labute approximate surface area is 93.1 Å². The molecule has 0 saturated carbocycles. The van der Waals surface area contributed by atoms with E-state index in [4.69, 9.17) is 5.11 Å². The maximum absolute atomic E-state index is 11.8. The molecule has 3 N–H and O–H groups in total. The second-order valence-corrected chi connectivity index (χ2v) is 4.19. The number of aromatic amines is 1. The first-order chi connectivity index (χ1) is 7.25.